The zero-order valence-corrected chi connectivity index (χ0v) is 17.8. The summed E-state index contributed by atoms with van der Waals surface area (Å²) in [4.78, 5) is 40.1. The molecule has 0 bridgehead atoms. The summed E-state index contributed by atoms with van der Waals surface area (Å²) < 4.78 is 18.0. The summed E-state index contributed by atoms with van der Waals surface area (Å²) in [5.74, 6) is -1.77. The van der Waals surface area contributed by atoms with Crippen LogP contribution < -0.4 is 5.32 Å². The topological polar surface area (TPSA) is 75.7 Å². The molecule has 6 nitrogen and oxygen atoms in total. The molecule has 0 aliphatic carbocycles. The molecule has 0 aliphatic heterocycles. The quantitative estimate of drug-likeness (QED) is 0.638. The van der Waals surface area contributed by atoms with E-state index < -0.39 is 17.7 Å². The van der Waals surface area contributed by atoms with Crippen LogP contribution in [0.3, 0.4) is 0 Å². The molecule has 0 spiro atoms. The van der Waals surface area contributed by atoms with E-state index in [1.165, 1.54) is 31.4 Å². The van der Waals surface area contributed by atoms with Crippen molar-refractivity contribution in [3.63, 3.8) is 0 Å². The Bertz CT molecular complexity index is 887. The Morgan fingerprint density at radius 2 is 1.69 bits per heavy atom. The van der Waals surface area contributed by atoms with Crippen LogP contribution in [0.1, 0.15) is 62.6 Å². The molecule has 0 unspecified atom stereocenters. The molecule has 1 aromatic carbocycles. The third-order valence-corrected chi connectivity index (χ3v) is 5.53. The van der Waals surface area contributed by atoms with Crippen LogP contribution in [0, 0.1) is 12.7 Å². The molecule has 2 aromatic rings. The number of hydrogen-bond donors (Lipinski definition) is 1. The summed E-state index contributed by atoms with van der Waals surface area (Å²) in [5.41, 5.74) is 0.863. The predicted molar refractivity (Wildman–Crippen MR) is 111 cm³/mol. The van der Waals surface area contributed by atoms with Crippen molar-refractivity contribution in [2.75, 3.05) is 25.5 Å². The van der Waals surface area contributed by atoms with Crippen LogP contribution in [-0.2, 0) is 4.74 Å². The van der Waals surface area contributed by atoms with Crippen LogP contribution in [0.2, 0.25) is 0 Å². The van der Waals surface area contributed by atoms with E-state index in [-0.39, 0.29) is 22.0 Å². The van der Waals surface area contributed by atoms with Crippen molar-refractivity contribution < 1.29 is 23.5 Å². The second kappa shape index (κ2) is 10.2. The number of thiophene rings is 1. The summed E-state index contributed by atoms with van der Waals surface area (Å²) in [6.07, 6.45) is 1.63. The monoisotopic (exact) mass is 420 g/mol. The lowest BCUT2D eigenvalue weighted by Crippen LogP contribution is -2.32. The number of ether oxygens (including phenoxy) is 1. The molecule has 29 heavy (non-hydrogen) atoms. The largest absolute Gasteiger partial charge is 0.465 e. The Labute approximate surface area is 173 Å². The van der Waals surface area contributed by atoms with E-state index in [0.29, 0.717) is 23.5 Å². The van der Waals surface area contributed by atoms with Gasteiger partial charge in [-0.2, -0.15) is 0 Å². The van der Waals surface area contributed by atoms with Crippen LogP contribution in [-0.4, -0.2) is 42.9 Å². The number of rotatable bonds is 8. The smallest absolute Gasteiger partial charge is 0.341 e. The maximum absolute atomic E-state index is 13.1. The fourth-order valence-corrected chi connectivity index (χ4v) is 4.09. The highest BCUT2D eigenvalue weighted by Gasteiger charge is 2.28. The van der Waals surface area contributed by atoms with Crippen molar-refractivity contribution in [2.45, 2.75) is 33.6 Å². The van der Waals surface area contributed by atoms with Gasteiger partial charge in [-0.1, -0.05) is 13.8 Å². The molecule has 0 saturated heterocycles. The zero-order chi connectivity index (χ0) is 21.6. The van der Waals surface area contributed by atoms with Crippen LogP contribution in [0.15, 0.2) is 24.3 Å². The standard InChI is InChI=1S/C21H25FN2O4S/c1-5-11-24(12-6-2)20(26)17-13(3)16(21(27)28-4)19(29-17)23-18(25)14-7-9-15(22)10-8-14/h7-10H,5-6,11-12H2,1-4H3,(H,23,25). The van der Waals surface area contributed by atoms with Gasteiger partial charge in [-0.05, 0) is 49.6 Å². The minimum absolute atomic E-state index is 0.157. The Hall–Kier alpha value is -2.74. The summed E-state index contributed by atoms with van der Waals surface area (Å²) in [6.45, 7) is 6.86. The molecule has 1 aromatic heterocycles. The third-order valence-electron chi connectivity index (χ3n) is 4.34. The van der Waals surface area contributed by atoms with E-state index in [1.807, 2.05) is 13.8 Å². The molecule has 0 atom stereocenters. The highest BCUT2D eigenvalue weighted by Crippen LogP contribution is 2.35. The van der Waals surface area contributed by atoms with Gasteiger partial charge in [-0.3, -0.25) is 9.59 Å². The molecule has 2 rings (SSSR count). The number of esters is 1. The molecule has 156 valence electrons. The van der Waals surface area contributed by atoms with Crippen molar-refractivity contribution in [1.29, 1.82) is 0 Å². The number of benzene rings is 1. The van der Waals surface area contributed by atoms with Crippen LogP contribution in [0.5, 0.6) is 0 Å². The van der Waals surface area contributed by atoms with Gasteiger partial charge in [-0.25, -0.2) is 9.18 Å². The number of hydrogen-bond acceptors (Lipinski definition) is 5. The maximum Gasteiger partial charge on any atom is 0.341 e. The van der Waals surface area contributed by atoms with E-state index in [9.17, 15) is 18.8 Å². The van der Waals surface area contributed by atoms with Crippen molar-refractivity contribution >= 4 is 34.1 Å². The number of nitrogens with one attached hydrogen (secondary N) is 1. The molecule has 0 fully saturated rings. The van der Waals surface area contributed by atoms with E-state index in [0.717, 1.165) is 24.2 Å². The molecule has 0 aliphatic rings. The summed E-state index contributed by atoms with van der Waals surface area (Å²) in [5, 5.41) is 2.90. The first kappa shape index (κ1) is 22.5. The van der Waals surface area contributed by atoms with Gasteiger partial charge < -0.3 is 15.0 Å². The highest BCUT2D eigenvalue weighted by molar-refractivity contribution is 7.18. The first-order valence-corrected chi connectivity index (χ1v) is 10.2. The van der Waals surface area contributed by atoms with E-state index in [4.69, 9.17) is 4.74 Å². The molecule has 8 heteroatoms. The Kier molecular flexibility index (Phi) is 7.90. The van der Waals surface area contributed by atoms with E-state index in [2.05, 4.69) is 5.32 Å². The van der Waals surface area contributed by atoms with Gasteiger partial charge in [0.1, 0.15) is 10.8 Å². The highest BCUT2D eigenvalue weighted by atomic mass is 32.1. The average Bonchev–Trinajstić information content (AvgIpc) is 3.03. The molecule has 2 amide bonds. The summed E-state index contributed by atoms with van der Waals surface area (Å²) in [6, 6.07) is 5.05. The van der Waals surface area contributed by atoms with Crippen LogP contribution in [0.4, 0.5) is 9.39 Å². The van der Waals surface area contributed by atoms with Gasteiger partial charge in [0.05, 0.1) is 17.6 Å². The SMILES string of the molecule is CCCN(CCC)C(=O)c1sc(NC(=O)c2ccc(F)cc2)c(C(=O)OC)c1C. The molecule has 0 radical (unpaired) electrons. The molecule has 0 saturated carbocycles. The normalized spacial score (nSPS) is 10.5. The summed E-state index contributed by atoms with van der Waals surface area (Å²) in [7, 11) is 1.24. The van der Waals surface area contributed by atoms with Crippen LogP contribution >= 0.6 is 11.3 Å². The number of nitrogens with zero attached hydrogens (tertiary/aromatic N) is 1. The van der Waals surface area contributed by atoms with Gasteiger partial charge in [-0.15, -0.1) is 11.3 Å². The number of halogens is 1. The fourth-order valence-electron chi connectivity index (χ4n) is 2.93. The van der Waals surface area contributed by atoms with Gasteiger partial charge in [0.15, 0.2) is 0 Å². The van der Waals surface area contributed by atoms with Gasteiger partial charge >= 0.3 is 5.97 Å². The lowest BCUT2D eigenvalue weighted by Gasteiger charge is -2.21. The van der Waals surface area contributed by atoms with Gasteiger partial charge in [0.2, 0.25) is 0 Å². The number of carbonyl (C=O) groups is 3. The predicted octanol–water partition coefficient (Wildman–Crippen LogP) is 4.50. The maximum atomic E-state index is 13.1. The molecule has 1 heterocycles. The van der Waals surface area contributed by atoms with Gasteiger partial charge in [0, 0.05) is 18.7 Å². The number of amides is 2. The molecular formula is C21H25FN2O4S. The minimum Gasteiger partial charge on any atom is -0.465 e. The first-order chi connectivity index (χ1) is 13.8. The number of anilines is 1. The van der Waals surface area contributed by atoms with Crippen molar-refractivity contribution in [2.24, 2.45) is 0 Å². The summed E-state index contributed by atoms with van der Waals surface area (Å²) >= 11 is 1.05. The second-order valence-electron chi connectivity index (χ2n) is 6.51. The van der Waals surface area contributed by atoms with E-state index in [1.54, 1.807) is 11.8 Å². The number of carbonyl (C=O) groups excluding carboxylic acids is 3. The Balaban J connectivity index is 2.42. The van der Waals surface area contributed by atoms with Crippen molar-refractivity contribution in [1.82, 2.24) is 4.90 Å². The Morgan fingerprint density at radius 1 is 1.10 bits per heavy atom. The van der Waals surface area contributed by atoms with Crippen molar-refractivity contribution in [3.05, 3.63) is 51.7 Å². The third kappa shape index (κ3) is 5.20. The second-order valence-corrected chi connectivity index (χ2v) is 7.53. The zero-order valence-electron chi connectivity index (χ0n) is 17.0. The van der Waals surface area contributed by atoms with Crippen LogP contribution in [0.25, 0.3) is 0 Å². The minimum atomic E-state index is -0.635. The van der Waals surface area contributed by atoms with Gasteiger partial charge in [0.25, 0.3) is 11.8 Å². The number of methoxy groups -OCH3 is 1. The molecule has 1 N–H and O–H groups in total. The first-order valence-electron chi connectivity index (χ1n) is 9.41. The van der Waals surface area contributed by atoms with Crippen molar-refractivity contribution in [3.8, 4) is 0 Å². The van der Waals surface area contributed by atoms with E-state index >= 15 is 0 Å². The lowest BCUT2D eigenvalue weighted by molar-refractivity contribution is 0.0601. The lowest BCUT2D eigenvalue weighted by atomic mass is 10.1. The molecular weight excluding hydrogens is 395 g/mol. The average molecular weight is 421 g/mol. The fraction of sp³-hybridized carbons (Fsp3) is 0.381. The Morgan fingerprint density at radius 3 is 2.21 bits per heavy atom.